The normalized spacial score (nSPS) is 12.6. The summed E-state index contributed by atoms with van der Waals surface area (Å²) in [6.07, 6.45) is 0. The summed E-state index contributed by atoms with van der Waals surface area (Å²) in [6.45, 7) is 0.920. The van der Waals surface area contributed by atoms with Crippen molar-refractivity contribution in [3.63, 3.8) is 0 Å². The molecule has 0 saturated heterocycles. The highest BCUT2D eigenvalue weighted by Gasteiger charge is 2.18. The van der Waals surface area contributed by atoms with E-state index >= 15 is 0 Å². The second kappa shape index (κ2) is 8.66. The third kappa shape index (κ3) is 4.84. The number of fused-ring (bicyclic) bond motifs is 1. The van der Waals surface area contributed by atoms with Crippen molar-refractivity contribution >= 4 is 10.0 Å². The number of hydrogen-bond acceptors (Lipinski definition) is 6. The van der Waals surface area contributed by atoms with Crippen LogP contribution in [0.3, 0.4) is 0 Å². The zero-order chi connectivity index (χ0) is 19.1. The molecule has 0 saturated carbocycles. The van der Waals surface area contributed by atoms with Gasteiger partial charge in [0.05, 0.1) is 18.6 Å². The molecule has 8 heteroatoms. The minimum atomic E-state index is -3.69. The van der Waals surface area contributed by atoms with Gasteiger partial charge in [-0.3, -0.25) is 0 Å². The maximum atomic E-state index is 12.3. The molecule has 0 bridgehead atoms. The molecule has 0 radical (unpaired) electrons. The highest BCUT2D eigenvalue weighted by atomic mass is 32.2. The van der Waals surface area contributed by atoms with Gasteiger partial charge in [0.25, 0.3) is 0 Å². The van der Waals surface area contributed by atoms with Crippen LogP contribution in [0.25, 0.3) is 0 Å². The van der Waals surface area contributed by atoms with Gasteiger partial charge in [0, 0.05) is 6.07 Å². The second-order valence-corrected chi connectivity index (χ2v) is 7.19. The van der Waals surface area contributed by atoms with E-state index < -0.39 is 10.0 Å². The summed E-state index contributed by atoms with van der Waals surface area (Å²) >= 11 is 0. The lowest BCUT2D eigenvalue weighted by molar-refractivity contribution is 0.171. The van der Waals surface area contributed by atoms with Crippen LogP contribution in [0.1, 0.15) is 0 Å². The number of rotatable bonds is 6. The van der Waals surface area contributed by atoms with E-state index in [1.807, 2.05) is 12.1 Å². The Balaban J connectivity index is 1.53. The van der Waals surface area contributed by atoms with Crippen LogP contribution < -0.4 is 23.7 Å². The molecule has 0 spiro atoms. The molecule has 2 aromatic carbocycles. The number of methoxy groups -OCH3 is 1. The molecule has 3 rings (SSSR count). The lowest BCUT2D eigenvalue weighted by Crippen LogP contribution is -2.24. The largest absolute Gasteiger partial charge is 0.493 e. The number of sulfonamides is 1. The van der Waals surface area contributed by atoms with Gasteiger partial charge in [0.2, 0.25) is 10.0 Å². The summed E-state index contributed by atoms with van der Waals surface area (Å²) in [7, 11) is -2.14. The summed E-state index contributed by atoms with van der Waals surface area (Å²) in [6, 6.07) is 11.7. The fourth-order valence-corrected chi connectivity index (χ4v) is 3.31. The molecule has 0 unspecified atom stereocenters. The predicted molar refractivity (Wildman–Crippen MR) is 98.9 cm³/mol. The first-order chi connectivity index (χ1) is 13.1. The zero-order valence-electron chi connectivity index (χ0n) is 14.7. The summed E-state index contributed by atoms with van der Waals surface area (Å²) in [5.41, 5.74) is 0. The van der Waals surface area contributed by atoms with Gasteiger partial charge in [-0.05, 0) is 24.3 Å². The summed E-state index contributed by atoms with van der Waals surface area (Å²) < 4.78 is 48.6. The van der Waals surface area contributed by atoms with Crippen LogP contribution in [-0.4, -0.2) is 41.9 Å². The first-order valence-electron chi connectivity index (χ1n) is 8.21. The zero-order valence-corrected chi connectivity index (χ0v) is 15.5. The molecule has 0 fully saturated rings. The van der Waals surface area contributed by atoms with Gasteiger partial charge >= 0.3 is 0 Å². The van der Waals surface area contributed by atoms with E-state index in [0.717, 1.165) is 0 Å². The molecule has 1 aliphatic rings. The van der Waals surface area contributed by atoms with Crippen molar-refractivity contribution < 1.29 is 27.4 Å². The molecular formula is C19H19NO6S. The number of benzene rings is 2. The Labute approximate surface area is 158 Å². The second-order valence-electron chi connectivity index (χ2n) is 5.42. The predicted octanol–water partition coefficient (Wildman–Crippen LogP) is 1.83. The molecule has 0 amide bonds. The summed E-state index contributed by atoms with van der Waals surface area (Å²) in [4.78, 5) is 0.0961. The molecule has 0 aliphatic carbocycles. The van der Waals surface area contributed by atoms with E-state index in [1.54, 1.807) is 25.3 Å². The van der Waals surface area contributed by atoms with Crippen LogP contribution in [0.15, 0.2) is 47.4 Å². The Morgan fingerprint density at radius 2 is 1.78 bits per heavy atom. The molecule has 2 aromatic rings. The third-order valence-corrected chi connectivity index (χ3v) is 5.07. The average Bonchev–Trinajstić information content (AvgIpc) is 2.70. The van der Waals surface area contributed by atoms with E-state index in [-0.39, 0.29) is 18.0 Å². The van der Waals surface area contributed by atoms with Crippen molar-refractivity contribution in [1.82, 2.24) is 4.72 Å². The van der Waals surface area contributed by atoms with Crippen LogP contribution in [0.2, 0.25) is 0 Å². The van der Waals surface area contributed by atoms with Gasteiger partial charge in [-0.15, -0.1) is 0 Å². The van der Waals surface area contributed by atoms with E-state index in [0.29, 0.717) is 36.2 Å². The maximum absolute atomic E-state index is 12.3. The van der Waals surface area contributed by atoms with Crippen molar-refractivity contribution in [2.45, 2.75) is 4.90 Å². The van der Waals surface area contributed by atoms with E-state index in [1.165, 1.54) is 12.1 Å². The van der Waals surface area contributed by atoms with Crippen LogP contribution in [0.4, 0.5) is 0 Å². The first kappa shape index (κ1) is 18.9. The quantitative estimate of drug-likeness (QED) is 0.759. The molecule has 1 heterocycles. The molecule has 7 nitrogen and oxygen atoms in total. The molecule has 142 valence electrons. The number of ether oxygens (including phenoxy) is 4. The van der Waals surface area contributed by atoms with Crippen molar-refractivity contribution in [1.29, 1.82) is 0 Å². The molecule has 0 atom stereocenters. The lowest BCUT2D eigenvalue weighted by atomic mass is 10.3. The van der Waals surface area contributed by atoms with E-state index in [4.69, 9.17) is 18.9 Å². The Hall–Kier alpha value is -2.89. The minimum absolute atomic E-state index is 0.0357. The highest BCUT2D eigenvalue weighted by Crippen LogP contribution is 2.32. The summed E-state index contributed by atoms with van der Waals surface area (Å²) in [5, 5.41) is 0. The molecule has 1 aliphatic heterocycles. The van der Waals surface area contributed by atoms with Crippen LogP contribution in [-0.2, 0) is 10.0 Å². The number of hydrogen-bond donors (Lipinski definition) is 1. The number of nitrogens with one attached hydrogen (secondary N) is 1. The molecule has 0 aromatic heterocycles. The Bertz CT molecular complexity index is 962. The average molecular weight is 389 g/mol. The first-order valence-corrected chi connectivity index (χ1v) is 9.69. The van der Waals surface area contributed by atoms with Crippen molar-refractivity contribution in [3.05, 3.63) is 42.5 Å². The SMILES string of the molecule is COc1ccccc1OCC#CCNS(=O)(=O)c1ccc2c(c1)OCCO2. The smallest absolute Gasteiger partial charge is 0.241 e. The van der Waals surface area contributed by atoms with Crippen molar-refractivity contribution in [2.24, 2.45) is 0 Å². The fourth-order valence-electron chi connectivity index (χ4n) is 2.37. The third-order valence-electron chi connectivity index (χ3n) is 3.67. The Morgan fingerprint density at radius 3 is 2.56 bits per heavy atom. The monoisotopic (exact) mass is 389 g/mol. The number of para-hydroxylation sites is 2. The van der Waals surface area contributed by atoms with Gasteiger partial charge in [0.15, 0.2) is 23.0 Å². The topological polar surface area (TPSA) is 83.1 Å². The Morgan fingerprint density at radius 1 is 1.04 bits per heavy atom. The van der Waals surface area contributed by atoms with Gasteiger partial charge in [-0.2, -0.15) is 4.72 Å². The molecule has 27 heavy (non-hydrogen) atoms. The van der Waals surface area contributed by atoms with Crippen LogP contribution in [0.5, 0.6) is 23.0 Å². The maximum Gasteiger partial charge on any atom is 0.241 e. The molecule has 1 N–H and O–H groups in total. The van der Waals surface area contributed by atoms with Gasteiger partial charge in [-0.1, -0.05) is 24.0 Å². The van der Waals surface area contributed by atoms with Crippen LogP contribution >= 0.6 is 0 Å². The van der Waals surface area contributed by atoms with Gasteiger partial charge < -0.3 is 18.9 Å². The Kier molecular flexibility index (Phi) is 6.06. The van der Waals surface area contributed by atoms with Crippen LogP contribution in [0, 0.1) is 11.8 Å². The fraction of sp³-hybridized carbons (Fsp3) is 0.263. The van der Waals surface area contributed by atoms with E-state index in [9.17, 15) is 8.42 Å². The summed E-state index contributed by atoms with van der Waals surface area (Å²) in [5.74, 6) is 7.62. The van der Waals surface area contributed by atoms with E-state index in [2.05, 4.69) is 16.6 Å². The lowest BCUT2D eigenvalue weighted by Gasteiger charge is -2.18. The van der Waals surface area contributed by atoms with Crippen molar-refractivity contribution in [3.8, 4) is 34.8 Å². The van der Waals surface area contributed by atoms with Crippen molar-refractivity contribution in [2.75, 3.05) is 33.5 Å². The van der Waals surface area contributed by atoms with Gasteiger partial charge in [-0.25, -0.2) is 8.42 Å². The van der Waals surface area contributed by atoms with Gasteiger partial charge in [0.1, 0.15) is 19.8 Å². The molecular weight excluding hydrogens is 370 g/mol. The minimum Gasteiger partial charge on any atom is -0.493 e. The standard InChI is InChI=1S/C19H19NO6S/c1-23-16-6-2-3-7-17(16)24-11-5-4-10-20-27(21,22)15-8-9-18-19(14-15)26-13-12-25-18/h2-3,6-9,14,20H,10-13H2,1H3. The highest BCUT2D eigenvalue weighted by molar-refractivity contribution is 7.89.